The number of hydrogen-bond donors (Lipinski definition) is 0. The number of nitrogens with zero attached hydrogens (tertiary/aromatic N) is 1. The third-order valence-corrected chi connectivity index (χ3v) is 4.08. The molecular weight excluding hydrogens is 313 g/mol. The molecule has 0 aliphatic carbocycles. The fourth-order valence-corrected chi connectivity index (χ4v) is 2.50. The lowest BCUT2D eigenvalue weighted by atomic mass is 10.1. The lowest BCUT2D eigenvalue weighted by Gasteiger charge is -2.07. The van der Waals surface area contributed by atoms with E-state index < -0.39 is 0 Å². The Labute approximate surface area is 147 Å². The summed E-state index contributed by atoms with van der Waals surface area (Å²) in [5.41, 5.74) is 5.12. The number of hydrogen-bond acceptors (Lipinski definition) is 2. The smallest absolute Gasteiger partial charge is 0.123 e. The van der Waals surface area contributed by atoms with Gasteiger partial charge in [0.05, 0.1) is 5.69 Å². The Balaban J connectivity index is 1.71. The molecule has 0 saturated heterocycles. The van der Waals surface area contributed by atoms with Gasteiger partial charge in [0.25, 0.3) is 0 Å². The maximum Gasteiger partial charge on any atom is 0.123 e. The van der Waals surface area contributed by atoms with E-state index in [1.54, 1.807) is 6.07 Å². The highest BCUT2D eigenvalue weighted by atomic mass is 19.1. The van der Waals surface area contributed by atoms with E-state index in [0.29, 0.717) is 6.61 Å². The zero-order valence-corrected chi connectivity index (χ0v) is 14.4. The van der Waals surface area contributed by atoms with Crippen molar-refractivity contribution >= 4 is 11.9 Å². The lowest BCUT2D eigenvalue weighted by Crippen LogP contribution is -1.96. The maximum absolute atomic E-state index is 13.2. The molecule has 0 radical (unpaired) electrons. The second-order valence-electron chi connectivity index (χ2n) is 5.97. The molecule has 0 bridgehead atoms. The predicted octanol–water partition coefficient (Wildman–Crippen LogP) is 5.77. The van der Waals surface area contributed by atoms with Gasteiger partial charge in [-0.1, -0.05) is 36.4 Å². The molecule has 3 aromatic carbocycles. The average molecular weight is 333 g/mol. The largest absolute Gasteiger partial charge is 0.489 e. The van der Waals surface area contributed by atoms with Gasteiger partial charge in [-0.15, -0.1) is 0 Å². The molecule has 0 spiro atoms. The summed E-state index contributed by atoms with van der Waals surface area (Å²) >= 11 is 0. The minimum Gasteiger partial charge on any atom is -0.489 e. The molecule has 0 amide bonds. The Hall–Kier alpha value is -2.94. The summed E-state index contributed by atoms with van der Waals surface area (Å²) in [6, 6.07) is 20.2. The van der Waals surface area contributed by atoms with Crippen LogP contribution in [0.1, 0.15) is 22.3 Å². The molecule has 25 heavy (non-hydrogen) atoms. The van der Waals surface area contributed by atoms with Crippen LogP contribution in [0.15, 0.2) is 71.7 Å². The quantitative estimate of drug-likeness (QED) is 0.543. The number of ether oxygens (including phenoxy) is 1. The van der Waals surface area contributed by atoms with Crippen LogP contribution in [-0.4, -0.2) is 6.21 Å². The first-order valence-corrected chi connectivity index (χ1v) is 8.19. The summed E-state index contributed by atoms with van der Waals surface area (Å²) in [7, 11) is 0. The fourth-order valence-electron chi connectivity index (χ4n) is 2.50. The van der Waals surface area contributed by atoms with Gasteiger partial charge in [-0.25, -0.2) is 4.39 Å². The molecule has 0 aliphatic heterocycles. The Kier molecular flexibility index (Phi) is 5.24. The molecule has 3 rings (SSSR count). The van der Waals surface area contributed by atoms with Crippen molar-refractivity contribution in [3.8, 4) is 5.75 Å². The van der Waals surface area contributed by atoms with E-state index in [-0.39, 0.29) is 5.82 Å². The Morgan fingerprint density at radius 2 is 1.76 bits per heavy atom. The van der Waals surface area contributed by atoms with Crippen molar-refractivity contribution in [3.63, 3.8) is 0 Å². The van der Waals surface area contributed by atoms with Gasteiger partial charge in [0.15, 0.2) is 0 Å². The minimum absolute atomic E-state index is 0.254. The minimum atomic E-state index is -0.254. The van der Waals surface area contributed by atoms with Gasteiger partial charge in [0.1, 0.15) is 18.2 Å². The van der Waals surface area contributed by atoms with Crippen LogP contribution >= 0.6 is 0 Å². The Bertz CT molecular complexity index is 902. The zero-order valence-electron chi connectivity index (χ0n) is 14.4. The summed E-state index contributed by atoms with van der Waals surface area (Å²) in [4.78, 5) is 4.58. The van der Waals surface area contributed by atoms with Crippen molar-refractivity contribution in [2.24, 2.45) is 4.99 Å². The van der Waals surface area contributed by atoms with Gasteiger partial charge in [0, 0.05) is 6.21 Å². The fraction of sp³-hybridized carbons (Fsp3) is 0.136. The number of benzene rings is 3. The number of aryl methyl sites for hydroxylation is 1. The molecule has 0 aromatic heterocycles. The Morgan fingerprint density at radius 1 is 0.960 bits per heavy atom. The van der Waals surface area contributed by atoms with Gasteiger partial charge in [-0.3, -0.25) is 4.99 Å². The monoisotopic (exact) mass is 333 g/mol. The molecular formula is C22H20FNO. The van der Waals surface area contributed by atoms with E-state index in [4.69, 9.17) is 4.74 Å². The normalized spacial score (nSPS) is 11.0. The first kappa shape index (κ1) is 16.9. The van der Waals surface area contributed by atoms with Crippen LogP contribution in [-0.2, 0) is 6.61 Å². The van der Waals surface area contributed by atoms with Crippen LogP contribution in [0, 0.1) is 19.7 Å². The highest BCUT2D eigenvalue weighted by Crippen LogP contribution is 2.21. The topological polar surface area (TPSA) is 21.6 Å². The van der Waals surface area contributed by atoms with Crippen LogP contribution in [0.4, 0.5) is 10.1 Å². The SMILES string of the molecule is Cc1cccc(N=Cc2cccc(OCc3cccc(F)c3)c2)c1C. The van der Waals surface area contributed by atoms with E-state index in [2.05, 4.69) is 24.9 Å². The molecule has 3 heteroatoms. The second kappa shape index (κ2) is 7.75. The van der Waals surface area contributed by atoms with Gasteiger partial charge in [-0.05, 0) is 66.4 Å². The lowest BCUT2D eigenvalue weighted by molar-refractivity contribution is 0.305. The van der Waals surface area contributed by atoms with E-state index in [1.807, 2.05) is 48.7 Å². The summed E-state index contributed by atoms with van der Waals surface area (Å²) < 4.78 is 19.0. The van der Waals surface area contributed by atoms with Crippen molar-refractivity contribution in [3.05, 3.63) is 94.8 Å². The third-order valence-electron chi connectivity index (χ3n) is 4.08. The molecule has 2 nitrogen and oxygen atoms in total. The maximum atomic E-state index is 13.2. The average Bonchev–Trinajstić information content (AvgIpc) is 2.62. The van der Waals surface area contributed by atoms with Crippen LogP contribution in [0.2, 0.25) is 0 Å². The second-order valence-corrected chi connectivity index (χ2v) is 5.97. The molecule has 0 saturated carbocycles. The van der Waals surface area contributed by atoms with Crippen LogP contribution in [0.25, 0.3) is 0 Å². The summed E-state index contributed by atoms with van der Waals surface area (Å²) in [5, 5.41) is 0. The van der Waals surface area contributed by atoms with Crippen LogP contribution in [0.3, 0.4) is 0 Å². The van der Waals surface area contributed by atoms with Gasteiger partial charge < -0.3 is 4.74 Å². The molecule has 0 unspecified atom stereocenters. The van der Waals surface area contributed by atoms with Gasteiger partial charge in [-0.2, -0.15) is 0 Å². The van der Waals surface area contributed by atoms with Crippen molar-refractivity contribution in [1.29, 1.82) is 0 Å². The first-order chi connectivity index (χ1) is 12.1. The number of halogens is 1. The van der Waals surface area contributed by atoms with E-state index >= 15 is 0 Å². The number of rotatable bonds is 5. The van der Waals surface area contributed by atoms with Gasteiger partial charge in [0.2, 0.25) is 0 Å². The Morgan fingerprint density at radius 3 is 2.60 bits per heavy atom. The van der Waals surface area contributed by atoms with Crippen LogP contribution in [0.5, 0.6) is 5.75 Å². The highest BCUT2D eigenvalue weighted by molar-refractivity contribution is 5.83. The van der Waals surface area contributed by atoms with Crippen molar-refractivity contribution in [2.45, 2.75) is 20.5 Å². The molecule has 0 heterocycles. The van der Waals surface area contributed by atoms with Crippen LogP contribution < -0.4 is 4.74 Å². The van der Waals surface area contributed by atoms with Crippen molar-refractivity contribution < 1.29 is 9.13 Å². The first-order valence-electron chi connectivity index (χ1n) is 8.19. The predicted molar refractivity (Wildman–Crippen MR) is 100 cm³/mol. The molecule has 126 valence electrons. The molecule has 3 aromatic rings. The van der Waals surface area contributed by atoms with E-state index in [1.165, 1.54) is 23.3 Å². The van der Waals surface area contributed by atoms with Crippen molar-refractivity contribution in [1.82, 2.24) is 0 Å². The van der Waals surface area contributed by atoms with Crippen molar-refractivity contribution in [2.75, 3.05) is 0 Å². The number of aliphatic imine (C=N–C) groups is 1. The summed E-state index contributed by atoms with van der Waals surface area (Å²) in [6.45, 7) is 4.48. The van der Waals surface area contributed by atoms with Gasteiger partial charge >= 0.3 is 0 Å². The third kappa shape index (κ3) is 4.54. The highest BCUT2D eigenvalue weighted by Gasteiger charge is 2.00. The zero-order chi connectivity index (χ0) is 17.6. The summed E-state index contributed by atoms with van der Waals surface area (Å²) in [6.07, 6.45) is 1.83. The molecule has 0 atom stereocenters. The summed E-state index contributed by atoms with van der Waals surface area (Å²) in [5.74, 6) is 0.477. The van der Waals surface area contributed by atoms with E-state index in [9.17, 15) is 4.39 Å². The molecule has 0 N–H and O–H groups in total. The standard InChI is InChI=1S/C22H20FNO/c1-16-6-3-11-22(17(16)2)24-14-18-7-5-10-21(13-18)25-15-19-8-4-9-20(23)12-19/h3-14H,15H2,1-2H3. The molecule has 0 fully saturated rings. The molecule has 0 aliphatic rings. The van der Waals surface area contributed by atoms with E-state index in [0.717, 1.165) is 22.6 Å².